The number of H-pyrrole nitrogens is 1. The summed E-state index contributed by atoms with van der Waals surface area (Å²) in [6, 6.07) is 33.2. The van der Waals surface area contributed by atoms with Gasteiger partial charge >= 0.3 is 29.6 Å². The van der Waals surface area contributed by atoms with Crippen LogP contribution >= 0.6 is 12.2 Å². The molecule has 4 heterocycles. The Kier molecular flexibility index (Phi) is 16.2. The highest BCUT2D eigenvalue weighted by atomic mass is 32.1. The first-order valence-electron chi connectivity index (χ1n) is 23.4. The van der Waals surface area contributed by atoms with E-state index in [0.29, 0.717) is 17.8 Å². The number of fused-ring (bicyclic) bond motifs is 1. The van der Waals surface area contributed by atoms with Crippen molar-refractivity contribution in [3.8, 4) is 0 Å². The van der Waals surface area contributed by atoms with Gasteiger partial charge in [-0.1, -0.05) is 91.1 Å². The number of rotatable bonds is 15. The van der Waals surface area contributed by atoms with E-state index < -0.39 is 66.8 Å². The Morgan fingerprint density at radius 2 is 1.36 bits per heavy atom. The number of carbonyl (C=O) groups excluding carboxylic acids is 4. The minimum absolute atomic E-state index is 0.0413. The minimum atomic E-state index is -1.33. The van der Waals surface area contributed by atoms with E-state index in [1.807, 2.05) is 95.6 Å². The number of aromatic amines is 1. The molecule has 1 aromatic heterocycles. The number of carbonyl (C=O) groups is 4. The van der Waals surface area contributed by atoms with Gasteiger partial charge in [0, 0.05) is 77.0 Å². The second kappa shape index (κ2) is 22.6. The lowest BCUT2D eigenvalue weighted by atomic mass is 9.83. The molecular weight excluding hydrogens is 921 g/mol. The van der Waals surface area contributed by atoms with Gasteiger partial charge in [-0.15, -0.1) is 0 Å². The van der Waals surface area contributed by atoms with Gasteiger partial charge in [0.05, 0.1) is 34.8 Å². The van der Waals surface area contributed by atoms with Crippen LogP contribution in [0.5, 0.6) is 0 Å². The first kappa shape index (κ1) is 50.1. The third-order valence-corrected chi connectivity index (χ3v) is 13.1. The van der Waals surface area contributed by atoms with Gasteiger partial charge in [-0.3, -0.25) is 23.7 Å². The van der Waals surface area contributed by atoms with Crippen molar-refractivity contribution in [3.63, 3.8) is 0 Å². The van der Waals surface area contributed by atoms with Gasteiger partial charge in [0.25, 0.3) is 0 Å². The highest BCUT2D eigenvalue weighted by Crippen LogP contribution is 2.47. The summed E-state index contributed by atoms with van der Waals surface area (Å²) in [5, 5.41) is 13.2. The van der Waals surface area contributed by atoms with Crippen LogP contribution in [0.3, 0.4) is 0 Å². The number of nitrogens with zero attached hydrogens (tertiary/aromatic N) is 2. The number of aromatic nitrogens is 2. The molecule has 70 heavy (non-hydrogen) atoms. The molecule has 0 saturated carbocycles. The topological polar surface area (TPSA) is 206 Å². The molecule has 5 aromatic rings. The number of nitrogens with one attached hydrogen (secondary N) is 2. The Morgan fingerprint density at radius 1 is 0.714 bits per heavy atom. The standard InChI is InChI=1S/C52H58N4O13S/c1-30(58)63-29-44-49(65-32(3)60)50(66-33(4)61)48(64-31(2)59)42(67-44)26-45(70)53-38-14-10-13-37(25-38)51-68-43(27-55-23-21-39(22-24-55)56-41-16-9-8-15-40(41)54-52(56)62)46(35-11-6-5-7-12-35)47(69-51)36-19-17-34(28-57)18-20-36/h5-20,25,39,42-44,46-51,57H,21-24,26-29H2,1-4H3,(H,53,70)(H,54,62). The molecule has 3 N–H and O–H groups in total. The van der Waals surface area contributed by atoms with Crippen molar-refractivity contribution >= 4 is 57.8 Å². The average Bonchev–Trinajstić information content (AvgIpc) is 3.68. The second-order valence-electron chi connectivity index (χ2n) is 17.9. The number of piperidine rings is 1. The number of hydrogen-bond acceptors (Lipinski definition) is 15. The molecule has 0 spiro atoms. The molecule has 17 nitrogen and oxygen atoms in total. The number of aliphatic hydroxyl groups excluding tert-OH is 1. The quantitative estimate of drug-likeness (QED) is 0.0594. The SMILES string of the molecule is CC(=O)OCC1OC(CC(=S)Nc2cccc(C3OC(CN4CCC(n5c(=O)[nH]c6ccccc65)CC4)C(c4ccccc4)C(c4ccc(CO)cc4)O3)c2)C(OC(C)=O)C(OC(C)=O)C1OC(C)=O. The molecule has 3 fully saturated rings. The van der Waals surface area contributed by atoms with Crippen molar-refractivity contribution in [3.05, 3.63) is 136 Å². The van der Waals surface area contributed by atoms with Crippen LogP contribution in [0.1, 0.15) is 93.6 Å². The van der Waals surface area contributed by atoms with E-state index >= 15 is 0 Å². The van der Waals surface area contributed by atoms with Crippen LogP contribution in [0.15, 0.2) is 108 Å². The largest absolute Gasteiger partial charge is 0.463 e. The zero-order valence-corrected chi connectivity index (χ0v) is 40.2. The Balaban J connectivity index is 1.05. The van der Waals surface area contributed by atoms with E-state index in [1.165, 1.54) is 20.8 Å². The van der Waals surface area contributed by atoms with E-state index in [-0.39, 0.29) is 48.4 Å². The lowest BCUT2D eigenvalue weighted by Gasteiger charge is -2.45. The molecule has 9 atom stereocenters. The molecular formula is C52H58N4O13S. The van der Waals surface area contributed by atoms with Crippen LogP contribution in [0, 0.1) is 0 Å². The Hall–Kier alpha value is -6.28. The van der Waals surface area contributed by atoms with E-state index in [9.17, 15) is 29.1 Å². The van der Waals surface area contributed by atoms with Crippen LogP contribution in [-0.4, -0.2) is 111 Å². The third kappa shape index (κ3) is 12.0. The summed E-state index contributed by atoms with van der Waals surface area (Å²) in [6.45, 7) is 6.34. The number of thiocarbonyl (C=S) groups is 1. The molecule has 3 saturated heterocycles. The summed E-state index contributed by atoms with van der Waals surface area (Å²) in [7, 11) is 0. The molecule has 0 bridgehead atoms. The number of esters is 4. The number of para-hydroxylation sites is 2. The van der Waals surface area contributed by atoms with Crippen molar-refractivity contribution in [1.29, 1.82) is 0 Å². The molecule has 18 heteroatoms. The highest BCUT2D eigenvalue weighted by Gasteiger charge is 2.52. The van der Waals surface area contributed by atoms with Gasteiger partial charge in [0.1, 0.15) is 18.8 Å². The fourth-order valence-electron chi connectivity index (χ4n) is 9.86. The predicted octanol–water partition coefficient (Wildman–Crippen LogP) is 6.35. The molecule has 0 radical (unpaired) electrons. The van der Waals surface area contributed by atoms with Crippen molar-refractivity contribution in [2.75, 3.05) is 31.6 Å². The van der Waals surface area contributed by atoms with Crippen LogP contribution in [-0.2, 0) is 58.9 Å². The van der Waals surface area contributed by atoms with Crippen LogP contribution in [0.2, 0.25) is 0 Å². The summed E-state index contributed by atoms with van der Waals surface area (Å²) in [4.78, 5) is 67.8. The first-order valence-corrected chi connectivity index (χ1v) is 23.8. The Morgan fingerprint density at radius 3 is 2.03 bits per heavy atom. The smallest absolute Gasteiger partial charge is 0.326 e. The number of anilines is 1. The van der Waals surface area contributed by atoms with Crippen LogP contribution in [0.4, 0.5) is 5.69 Å². The van der Waals surface area contributed by atoms with Gasteiger partial charge in [0.15, 0.2) is 24.6 Å². The van der Waals surface area contributed by atoms with Crippen molar-refractivity contribution < 1.29 is 57.4 Å². The lowest BCUT2D eigenvalue weighted by Crippen LogP contribution is -2.62. The van der Waals surface area contributed by atoms with Gasteiger partial charge in [-0.2, -0.15) is 0 Å². The summed E-state index contributed by atoms with van der Waals surface area (Å²) in [5.41, 5.74) is 5.64. The van der Waals surface area contributed by atoms with Crippen LogP contribution in [0.25, 0.3) is 11.0 Å². The predicted molar refractivity (Wildman–Crippen MR) is 259 cm³/mol. The fraction of sp³-hybridized carbons (Fsp3) is 0.423. The van der Waals surface area contributed by atoms with Gasteiger partial charge < -0.3 is 53.5 Å². The van der Waals surface area contributed by atoms with Gasteiger partial charge in [-0.25, -0.2) is 4.79 Å². The van der Waals surface area contributed by atoms with E-state index in [4.69, 9.17) is 45.4 Å². The van der Waals surface area contributed by atoms with Gasteiger partial charge in [-0.05, 0) is 53.8 Å². The van der Waals surface area contributed by atoms with Gasteiger partial charge in [0.2, 0.25) is 0 Å². The molecule has 0 aliphatic carbocycles. The molecule has 9 unspecified atom stereocenters. The molecule has 370 valence electrons. The van der Waals surface area contributed by atoms with Crippen molar-refractivity contribution in [1.82, 2.24) is 14.5 Å². The van der Waals surface area contributed by atoms with Crippen molar-refractivity contribution in [2.45, 2.75) is 115 Å². The maximum absolute atomic E-state index is 13.1. The number of benzene rings is 4. The molecule has 8 rings (SSSR count). The number of likely N-dealkylation sites (tertiary alicyclic amines) is 1. The normalized spacial score (nSPS) is 25.1. The molecule has 0 amide bonds. The number of ether oxygens (including phenoxy) is 7. The summed E-state index contributed by atoms with van der Waals surface area (Å²) < 4.78 is 44.3. The Labute approximate surface area is 410 Å². The maximum Gasteiger partial charge on any atom is 0.326 e. The highest BCUT2D eigenvalue weighted by molar-refractivity contribution is 7.80. The number of aliphatic hydroxyl groups is 1. The van der Waals surface area contributed by atoms with E-state index in [1.54, 1.807) is 0 Å². The zero-order valence-electron chi connectivity index (χ0n) is 39.4. The summed E-state index contributed by atoms with van der Waals surface area (Å²) in [6.07, 6.45) is -6.23. The monoisotopic (exact) mass is 978 g/mol. The summed E-state index contributed by atoms with van der Waals surface area (Å²) in [5.74, 6) is -3.03. The molecule has 3 aliphatic heterocycles. The van der Waals surface area contributed by atoms with Crippen molar-refractivity contribution in [2.24, 2.45) is 0 Å². The second-order valence-corrected chi connectivity index (χ2v) is 18.4. The van der Waals surface area contributed by atoms with E-state index in [2.05, 4.69) is 27.3 Å². The molecule has 4 aromatic carbocycles. The van der Waals surface area contributed by atoms with E-state index in [0.717, 1.165) is 60.6 Å². The summed E-state index contributed by atoms with van der Waals surface area (Å²) >= 11 is 5.88. The maximum atomic E-state index is 13.1. The zero-order chi connectivity index (χ0) is 49.5. The number of imidazole rings is 1. The average molecular weight is 979 g/mol. The minimum Gasteiger partial charge on any atom is -0.463 e. The fourth-order valence-corrected chi connectivity index (χ4v) is 10.1. The number of hydrogen-bond donors (Lipinski definition) is 3. The lowest BCUT2D eigenvalue weighted by molar-refractivity contribution is -0.264. The Bertz CT molecular complexity index is 2700. The first-order chi connectivity index (χ1) is 33.7. The third-order valence-electron chi connectivity index (χ3n) is 12.9. The van der Waals surface area contributed by atoms with Crippen LogP contribution < -0.4 is 11.0 Å². The molecule has 3 aliphatic rings.